The molecule has 0 radical (unpaired) electrons. The van der Waals surface area contributed by atoms with E-state index < -0.39 is 0 Å². The molecule has 0 aliphatic rings. The van der Waals surface area contributed by atoms with Crippen molar-refractivity contribution in [1.82, 2.24) is 15.2 Å². The Morgan fingerprint density at radius 2 is 1.15 bits per heavy atom. The molecule has 3 nitrogen and oxygen atoms in total. The van der Waals surface area contributed by atoms with E-state index in [9.17, 15) is 8.78 Å². The van der Waals surface area contributed by atoms with Crippen LogP contribution < -0.4 is 0 Å². The average molecular weight is 269 g/mol. The lowest BCUT2D eigenvalue weighted by Crippen LogP contribution is -1.95. The van der Waals surface area contributed by atoms with Crippen LogP contribution in [0.3, 0.4) is 0 Å². The first kappa shape index (κ1) is 12.3. The molecule has 1 aromatic heterocycles. The van der Waals surface area contributed by atoms with Gasteiger partial charge in [-0.2, -0.15) is 0 Å². The Kier molecular flexibility index (Phi) is 3.16. The van der Waals surface area contributed by atoms with Crippen LogP contribution in [0.5, 0.6) is 0 Å². The number of hydrogen-bond acceptors (Lipinski definition) is 3. The fourth-order valence-corrected chi connectivity index (χ4v) is 1.90. The summed E-state index contributed by atoms with van der Waals surface area (Å²) < 4.78 is 26.0. The van der Waals surface area contributed by atoms with Gasteiger partial charge in [-0.3, -0.25) is 0 Å². The molecular weight excluding hydrogens is 260 g/mol. The van der Waals surface area contributed by atoms with Crippen molar-refractivity contribution in [2.75, 3.05) is 0 Å². The number of rotatable bonds is 2. The average Bonchev–Trinajstić information content (AvgIpc) is 2.49. The Labute approximate surface area is 114 Å². The summed E-state index contributed by atoms with van der Waals surface area (Å²) in [5.74, 6) is -0.645. The first-order valence-electron chi connectivity index (χ1n) is 5.93. The highest BCUT2D eigenvalue weighted by molar-refractivity contribution is 5.77. The van der Waals surface area contributed by atoms with Crippen LogP contribution in [0.15, 0.2) is 54.9 Å². The minimum Gasteiger partial charge on any atom is -0.232 e. The van der Waals surface area contributed by atoms with Crippen LogP contribution in [0.25, 0.3) is 22.5 Å². The lowest BCUT2D eigenvalue weighted by Gasteiger charge is -2.06. The normalized spacial score (nSPS) is 10.5. The van der Waals surface area contributed by atoms with Gasteiger partial charge in [0, 0.05) is 11.1 Å². The maximum atomic E-state index is 13.0. The SMILES string of the molecule is Fc1ccc(-c2ncnnc2-c2ccc(F)cc2)cc1. The minimum atomic E-state index is -0.325. The van der Waals surface area contributed by atoms with Gasteiger partial charge in [-0.25, -0.2) is 13.8 Å². The molecular formula is C15H9F2N3. The second-order valence-corrected chi connectivity index (χ2v) is 4.17. The molecule has 3 aromatic rings. The summed E-state index contributed by atoms with van der Waals surface area (Å²) in [5.41, 5.74) is 2.53. The molecule has 0 amide bonds. The molecule has 0 saturated heterocycles. The Hall–Kier alpha value is -2.69. The molecule has 0 fully saturated rings. The van der Waals surface area contributed by atoms with E-state index in [2.05, 4.69) is 15.2 Å². The second-order valence-electron chi connectivity index (χ2n) is 4.17. The van der Waals surface area contributed by atoms with Crippen LogP contribution in [0.2, 0.25) is 0 Å². The predicted molar refractivity (Wildman–Crippen MR) is 70.6 cm³/mol. The second kappa shape index (κ2) is 5.13. The van der Waals surface area contributed by atoms with Crippen molar-refractivity contribution in [3.63, 3.8) is 0 Å². The van der Waals surface area contributed by atoms with Crippen molar-refractivity contribution in [1.29, 1.82) is 0 Å². The van der Waals surface area contributed by atoms with E-state index in [0.717, 1.165) is 5.56 Å². The van der Waals surface area contributed by atoms with Gasteiger partial charge in [-0.1, -0.05) is 0 Å². The lowest BCUT2D eigenvalue weighted by molar-refractivity contribution is 0.627. The Morgan fingerprint density at radius 1 is 0.650 bits per heavy atom. The van der Waals surface area contributed by atoms with Gasteiger partial charge in [0.2, 0.25) is 0 Å². The van der Waals surface area contributed by atoms with Gasteiger partial charge in [0.25, 0.3) is 0 Å². The zero-order valence-electron chi connectivity index (χ0n) is 10.3. The molecule has 0 unspecified atom stereocenters. The van der Waals surface area contributed by atoms with Crippen molar-refractivity contribution in [3.05, 3.63) is 66.5 Å². The molecule has 2 aromatic carbocycles. The summed E-state index contributed by atoms with van der Waals surface area (Å²) in [5, 5.41) is 7.81. The van der Waals surface area contributed by atoms with Gasteiger partial charge in [-0.15, -0.1) is 10.2 Å². The number of hydrogen-bond donors (Lipinski definition) is 0. The molecule has 1 heterocycles. The van der Waals surface area contributed by atoms with Gasteiger partial charge < -0.3 is 0 Å². The molecule has 0 saturated carbocycles. The van der Waals surface area contributed by atoms with Gasteiger partial charge >= 0.3 is 0 Å². The fraction of sp³-hybridized carbons (Fsp3) is 0. The zero-order chi connectivity index (χ0) is 13.9. The van der Waals surface area contributed by atoms with Crippen LogP contribution >= 0.6 is 0 Å². The summed E-state index contributed by atoms with van der Waals surface area (Å²) in [6, 6.07) is 11.8. The van der Waals surface area contributed by atoms with E-state index in [0.29, 0.717) is 17.0 Å². The maximum Gasteiger partial charge on any atom is 0.138 e. The molecule has 20 heavy (non-hydrogen) atoms. The van der Waals surface area contributed by atoms with Crippen LogP contribution in [0, 0.1) is 11.6 Å². The van der Waals surface area contributed by atoms with Gasteiger partial charge in [0.05, 0.1) is 0 Å². The minimum absolute atomic E-state index is 0.320. The summed E-state index contributed by atoms with van der Waals surface area (Å²) in [4.78, 5) is 4.19. The van der Waals surface area contributed by atoms with Crippen molar-refractivity contribution >= 4 is 0 Å². The quantitative estimate of drug-likeness (QED) is 0.715. The first-order valence-corrected chi connectivity index (χ1v) is 5.93. The highest BCUT2D eigenvalue weighted by Gasteiger charge is 2.11. The predicted octanol–water partition coefficient (Wildman–Crippen LogP) is 3.48. The van der Waals surface area contributed by atoms with Crippen molar-refractivity contribution in [2.45, 2.75) is 0 Å². The van der Waals surface area contributed by atoms with Gasteiger partial charge in [0.1, 0.15) is 29.3 Å². The fourth-order valence-electron chi connectivity index (χ4n) is 1.90. The van der Waals surface area contributed by atoms with E-state index in [1.54, 1.807) is 24.3 Å². The number of aromatic nitrogens is 3. The third kappa shape index (κ3) is 2.38. The third-order valence-electron chi connectivity index (χ3n) is 2.86. The smallest absolute Gasteiger partial charge is 0.138 e. The largest absolute Gasteiger partial charge is 0.232 e. The summed E-state index contributed by atoms with van der Waals surface area (Å²) >= 11 is 0. The van der Waals surface area contributed by atoms with Gasteiger partial charge in [0.15, 0.2) is 0 Å². The maximum absolute atomic E-state index is 13.0. The lowest BCUT2D eigenvalue weighted by atomic mass is 10.0. The van der Waals surface area contributed by atoms with E-state index in [4.69, 9.17) is 0 Å². The van der Waals surface area contributed by atoms with Crippen LogP contribution in [0.1, 0.15) is 0 Å². The monoisotopic (exact) mass is 269 g/mol. The molecule has 0 atom stereocenters. The van der Waals surface area contributed by atoms with Crippen molar-refractivity contribution in [3.8, 4) is 22.5 Å². The number of halogens is 2. The zero-order valence-corrected chi connectivity index (χ0v) is 10.3. The van der Waals surface area contributed by atoms with Crippen LogP contribution in [-0.2, 0) is 0 Å². The molecule has 0 N–H and O–H groups in total. The summed E-state index contributed by atoms with van der Waals surface area (Å²) in [7, 11) is 0. The van der Waals surface area contributed by atoms with Crippen molar-refractivity contribution in [2.24, 2.45) is 0 Å². The summed E-state index contributed by atoms with van der Waals surface area (Å²) in [6.07, 6.45) is 1.33. The Balaban J connectivity index is 2.13. The number of benzene rings is 2. The van der Waals surface area contributed by atoms with Crippen molar-refractivity contribution < 1.29 is 8.78 Å². The topological polar surface area (TPSA) is 38.7 Å². The van der Waals surface area contributed by atoms with E-state index in [1.807, 2.05) is 0 Å². The van der Waals surface area contributed by atoms with E-state index in [1.165, 1.54) is 30.6 Å². The Bertz CT molecular complexity index is 660. The van der Waals surface area contributed by atoms with Crippen LogP contribution in [0.4, 0.5) is 8.78 Å². The van der Waals surface area contributed by atoms with Gasteiger partial charge in [-0.05, 0) is 48.5 Å². The summed E-state index contributed by atoms with van der Waals surface area (Å²) in [6.45, 7) is 0. The standard InChI is InChI=1S/C15H9F2N3/c16-12-5-1-10(2-6-12)14-15(20-19-9-18-14)11-3-7-13(17)8-4-11/h1-9H. The van der Waals surface area contributed by atoms with Crippen LogP contribution in [-0.4, -0.2) is 15.2 Å². The molecule has 0 bridgehead atoms. The number of nitrogens with zero attached hydrogens (tertiary/aromatic N) is 3. The Morgan fingerprint density at radius 3 is 1.70 bits per heavy atom. The molecule has 98 valence electrons. The molecule has 0 aliphatic carbocycles. The molecule has 0 spiro atoms. The van der Waals surface area contributed by atoms with E-state index in [-0.39, 0.29) is 11.6 Å². The highest BCUT2D eigenvalue weighted by atomic mass is 19.1. The molecule has 0 aliphatic heterocycles. The molecule has 3 rings (SSSR count). The highest BCUT2D eigenvalue weighted by Crippen LogP contribution is 2.27. The first-order chi connectivity index (χ1) is 9.74. The molecule has 5 heteroatoms. The third-order valence-corrected chi connectivity index (χ3v) is 2.86. The van der Waals surface area contributed by atoms with E-state index >= 15 is 0 Å².